The van der Waals surface area contributed by atoms with Crippen molar-refractivity contribution in [3.05, 3.63) is 24.3 Å². The van der Waals surface area contributed by atoms with Crippen molar-refractivity contribution in [3.63, 3.8) is 0 Å². The highest BCUT2D eigenvalue weighted by atomic mass is 35.5. The minimum Gasteiger partial charge on any atom is -0.391 e. The number of thiazole rings is 1. The second-order valence-corrected chi connectivity index (χ2v) is 7.97. The van der Waals surface area contributed by atoms with Crippen molar-refractivity contribution in [2.45, 2.75) is 18.9 Å². The van der Waals surface area contributed by atoms with Crippen LogP contribution in [0.5, 0.6) is 0 Å². The van der Waals surface area contributed by atoms with Gasteiger partial charge in [0.2, 0.25) is 5.91 Å². The van der Waals surface area contributed by atoms with Gasteiger partial charge in [0.05, 0.1) is 16.3 Å². The molecule has 2 aliphatic rings. The molecular formula is C18H26Cl2N4O2S. The van der Waals surface area contributed by atoms with E-state index in [1.54, 1.807) is 11.3 Å². The molecule has 0 radical (unpaired) electrons. The summed E-state index contributed by atoms with van der Waals surface area (Å²) >= 11 is 1.72. The number of β-amino-alcohol motifs (C(OH)–C–C–N with tert-alkyl or cyclic N) is 1. The summed E-state index contributed by atoms with van der Waals surface area (Å²) in [5.74, 6) is 0.326. The van der Waals surface area contributed by atoms with Gasteiger partial charge in [0.1, 0.15) is 0 Å². The second kappa shape index (κ2) is 9.89. The minimum absolute atomic E-state index is 0. The van der Waals surface area contributed by atoms with Crippen LogP contribution in [0.4, 0.5) is 5.13 Å². The number of anilines is 1. The molecule has 4 rings (SSSR count). The highest BCUT2D eigenvalue weighted by Gasteiger charge is 2.29. The Morgan fingerprint density at radius 2 is 2.00 bits per heavy atom. The molecule has 150 valence electrons. The fourth-order valence-electron chi connectivity index (χ4n) is 3.63. The van der Waals surface area contributed by atoms with E-state index in [4.69, 9.17) is 4.98 Å². The van der Waals surface area contributed by atoms with Gasteiger partial charge in [-0.2, -0.15) is 0 Å². The largest absolute Gasteiger partial charge is 0.391 e. The first-order valence-electron chi connectivity index (χ1n) is 8.98. The van der Waals surface area contributed by atoms with Crippen LogP contribution in [0, 0.1) is 11.8 Å². The molecule has 2 fully saturated rings. The first-order chi connectivity index (χ1) is 12.2. The maximum atomic E-state index is 12.4. The quantitative estimate of drug-likeness (QED) is 0.688. The number of aliphatic hydroxyl groups excluding tert-OH is 1. The van der Waals surface area contributed by atoms with Crippen molar-refractivity contribution in [2.75, 3.05) is 37.6 Å². The summed E-state index contributed by atoms with van der Waals surface area (Å²) in [4.78, 5) is 19.4. The number of para-hydroxylation sites is 1. The standard InChI is InChI=1S/C18H24N4O2S.2ClH/c23-15-11-19-9-13(15)10-20-17(24)12-5-7-22(8-6-12)18-21-14-3-1-2-4-16(14)25-18;;/h1-4,12-13,15,19,23H,5-11H2,(H,20,24);2*1H. The molecule has 2 unspecified atom stereocenters. The summed E-state index contributed by atoms with van der Waals surface area (Å²) in [6, 6.07) is 8.20. The zero-order chi connectivity index (χ0) is 17.2. The lowest BCUT2D eigenvalue weighted by molar-refractivity contribution is -0.125. The molecule has 1 amide bonds. The van der Waals surface area contributed by atoms with Crippen molar-refractivity contribution in [1.82, 2.24) is 15.6 Å². The van der Waals surface area contributed by atoms with Crippen LogP contribution in [0.1, 0.15) is 12.8 Å². The van der Waals surface area contributed by atoms with Crippen LogP contribution in [-0.2, 0) is 4.79 Å². The topological polar surface area (TPSA) is 77.5 Å². The molecule has 0 aliphatic carbocycles. The van der Waals surface area contributed by atoms with Crippen LogP contribution in [0.2, 0.25) is 0 Å². The highest BCUT2D eigenvalue weighted by molar-refractivity contribution is 7.22. The van der Waals surface area contributed by atoms with Crippen molar-refractivity contribution in [3.8, 4) is 0 Å². The normalized spacial score (nSPS) is 22.9. The lowest BCUT2D eigenvalue weighted by atomic mass is 9.96. The summed E-state index contributed by atoms with van der Waals surface area (Å²) in [6.45, 7) is 3.70. The maximum Gasteiger partial charge on any atom is 0.223 e. The Bertz CT molecular complexity index is 719. The second-order valence-electron chi connectivity index (χ2n) is 6.96. The molecule has 2 aromatic rings. The Morgan fingerprint density at radius 3 is 2.67 bits per heavy atom. The lowest BCUT2D eigenvalue weighted by Gasteiger charge is -2.31. The third kappa shape index (κ3) is 5.03. The number of hydrogen-bond acceptors (Lipinski definition) is 6. The average molecular weight is 433 g/mol. The molecule has 0 saturated carbocycles. The van der Waals surface area contributed by atoms with E-state index in [0.29, 0.717) is 13.1 Å². The zero-order valence-corrected chi connectivity index (χ0v) is 17.4. The van der Waals surface area contributed by atoms with Gasteiger partial charge in [-0.15, -0.1) is 24.8 Å². The molecule has 27 heavy (non-hydrogen) atoms. The molecule has 1 aromatic carbocycles. The van der Waals surface area contributed by atoms with Crippen molar-refractivity contribution >= 4 is 57.4 Å². The van der Waals surface area contributed by atoms with E-state index >= 15 is 0 Å². The number of fused-ring (bicyclic) bond motifs is 1. The Balaban J connectivity index is 0.00000131. The number of piperidine rings is 1. The van der Waals surface area contributed by atoms with Crippen LogP contribution < -0.4 is 15.5 Å². The molecule has 2 saturated heterocycles. The summed E-state index contributed by atoms with van der Waals surface area (Å²) in [6.07, 6.45) is 1.36. The van der Waals surface area contributed by atoms with Gasteiger partial charge in [0.25, 0.3) is 0 Å². The van der Waals surface area contributed by atoms with Gasteiger partial charge < -0.3 is 20.6 Å². The van der Waals surface area contributed by atoms with E-state index < -0.39 is 0 Å². The first-order valence-corrected chi connectivity index (χ1v) is 9.79. The number of halogens is 2. The fourth-order valence-corrected chi connectivity index (χ4v) is 4.65. The van der Waals surface area contributed by atoms with E-state index in [0.717, 1.165) is 43.1 Å². The molecule has 6 nitrogen and oxygen atoms in total. The van der Waals surface area contributed by atoms with E-state index in [1.807, 2.05) is 18.2 Å². The number of aromatic nitrogens is 1. The van der Waals surface area contributed by atoms with Gasteiger partial charge in [-0.25, -0.2) is 4.98 Å². The predicted octanol–water partition coefficient (Wildman–Crippen LogP) is 2.05. The van der Waals surface area contributed by atoms with Crippen LogP contribution in [0.25, 0.3) is 10.2 Å². The van der Waals surface area contributed by atoms with Gasteiger partial charge >= 0.3 is 0 Å². The van der Waals surface area contributed by atoms with Crippen LogP contribution in [-0.4, -0.2) is 54.8 Å². The van der Waals surface area contributed by atoms with Crippen molar-refractivity contribution in [1.29, 1.82) is 0 Å². The molecular weight excluding hydrogens is 407 g/mol. The molecule has 0 spiro atoms. The van der Waals surface area contributed by atoms with Gasteiger partial charge in [0.15, 0.2) is 5.13 Å². The van der Waals surface area contributed by atoms with Gasteiger partial charge in [-0.3, -0.25) is 4.79 Å². The minimum atomic E-state index is -0.346. The molecule has 2 aliphatic heterocycles. The monoisotopic (exact) mass is 432 g/mol. The molecule has 2 atom stereocenters. The zero-order valence-electron chi connectivity index (χ0n) is 15.0. The number of rotatable bonds is 4. The number of nitrogens with zero attached hydrogens (tertiary/aromatic N) is 2. The Labute approximate surface area is 175 Å². The lowest BCUT2D eigenvalue weighted by Crippen LogP contribution is -2.42. The van der Waals surface area contributed by atoms with Crippen molar-refractivity contribution < 1.29 is 9.90 Å². The summed E-state index contributed by atoms with van der Waals surface area (Å²) in [5.41, 5.74) is 1.05. The Morgan fingerprint density at radius 1 is 1.26 bits per heavy atom. The number of nitrogens with one attached hydrogen (secondary N) is 2. The smallest absolute Gasteiger partial charge is 0.223 e. The molecule has 3 heterocycles. The molecule has 1 aromatic heterocycles. The number of carbonyl (C=O) groups is 1. The Kier molecular flexibility index (Phi) is 8.12. The maximum absolute atomic E-state index is 12.4. The van der Waals surface area contributed by atoms with E-state index in [1.165, 1.54) is 4.70 Å². The van der Waals surface area contributed by atoms with E-state index in [-0.39, 0.29) is 48.7 Å². The van der Waals surface area contributed by atoms with Gasteiger partial charge in [-0.1, -0.05) is 23.5 Å². The molecule has 3 N–H and O–H groups in total. The average Bonchev–Trinajstić information content (AvgIpc) is 3.25. The third-order valence-corrected chi connectivity index (χ3v) is 6.36. The summed E-state index contributed by atoms with van der Waals surface area (Å²) < 4.78 is 1.21. The number of benzene rings is 1. The number of carbonyl (C=O) groups excluding carboxylic acids is 1. The summed E-state index contributed by atoms with van der Waals surface area (Å²) in [7, 11) is 0. The SMILES string of the molecule is Cl.Cl.O=C(NCC1CNCC1O)C1CCN(c2nc3ccccc3s2)CC1. The fraction of sp³-hybridized carbons (Fsp3) is 0.556. The number of aliphatic hydroxyl groups is 1. The van der Waals surface area contributed by atoms with Gasteiger partial charge in [-0.05, 0) is 25.0 Å². The van der Waals surface area contributed by atoms with Crippen LogP contribution >= 0.6 is 36.2 Å². The number of amides is 1. The van der Waals surface area contributed by atoms with Crippen molar-refractivity contribution in [2.24, 2.45) is 11.8 Å². The Hall–Kier alpha value is -1.12. The molecule has 0 bridgehead atoms. The first kappa shape index (κ1) is 22.2. The van der Waals surface area contributed by atoms with E-state index in [2.05, 4.69) is 21.6 Å². The van der Waals surface area contributed by atoms with Gasteiger partial charge in [0, 0.05) is 44.6 Å². The molecule has 9 heteroatoms. The van der Waals surface area contributed by atoms with Crippen LogP contribution in [0.15, 0.2) is 24.3 Å². The highest BCUT2D eigenvalue weighted by Crippen LogP contribution is 2.31. The summed E-state index contributed by atoms with van der Waals surface area (Å²) in [5, 5.41) is 17.0. The predicted molar refractivity (Wildman–Crippen MR) is 114 cm³/mol. The third-order valence-electron chi connectivity index (χ3n) is 5.26. The number of hydrogen-bond donors (Lipinski definition) is 3. The van der Waals surface area contributed by atoms with Crippen LogP contribution in [0.3, 0.4) is 0 Å². The van der Waals surface area contributed by atoms with E-state index in [9.17, 15) is 9.90 Å².